The third kappa shape index (κ3) is 5.13. The van der Waals surface area contributed by atoms with E-state index in [0.717, 1.165) is 32.1 Å². The molecule has 34 heavy (non-hydrogen) atoms. The first-order valence-electron chi connectivity index (χ1n) is 12.4. The zero-order chi connectivity index (χ0) is 24.6. The number of fused-ring (bicyclic) bond motifs is 2. The smallest absolute Gasteiger partial charge is 0.410 e. The molecule has 3 aliphatic rings. The highest BCUT2D eigenvalue weighted by Gasteiger charge is 2.40. The third-order valence-electron chi connectivity index (χ3n) is 7.35. The second-order valence-electron chi connectivity index (χ2n) is 11.1. The zero-order valence-corrected chi connectivity index (χ0v) is 20.8. The molecule has 1 aromatic rings. The molecule has 2 N–H and O–H groups in total. The number of nitrogens with zero attached hydrogens (tertiary/aromatic N) is 2. The van der Waals surface area contributed by atoms with Crippen molar-refractivity contribution in [3.63, 3.8) is 0 Å². The van der Waals surface area contributed by atoms with Gasteiger partial charge in [0.25, 0.3) is 0 Å². The second kappa shape index (κ2) is 9.43. The minimum Gasteiger partial charge on any atom is -0.444 e. The van der Waals surface area contributed by atoms with Crippen LogP contribution >= 0.6 is 0 Å². The summed E-state index contributed by atoms with van der Waals surface area (Å²) in [5.74, 6) is -0.147. The maximum absolute atomic E-state index is 13.5. The summed E-state index contributed by atoms with van der Waals surface area (Å²) < 4.78 is 5.45. The van der Waals surface area contributed by atoms with Crippen molar-refractivity contribution in [3.05, 3.63) is 41.0 Å². The minimum atomic E-state index is -0.589. The van der Waals surface area contributed by atoms with Gasteiger partial charge in [0.2, 0.25) is 11.8 Å². The molecule has 0 bridgehead atoms. The van der Waals surface area contributed by atoms with Gasteiger partial charge in [-0.25, -0.2) is 4.79 Å². The van der Waals surface area contributed by atoms with Gasteiger partial charge in [-0.1, -0.05) is 24.3 Å². The van der Waals surface area contributed by atoms with E-state index in [2.05, 4.69) is 12.1 Å². The van der Waals surface area contributed by atoms with E-state index in [4.69, 9.17) is 10.5 Å². The molecule has 7 nitrogen and oxygen atoms in total. The van der Waals surface area contributed by atoms with Crippen LogP contribution in [-0.2, 0) is 20.7 Å². The predicted octanol–water partition coefficient (Wildman–Crippen LogP) is 3.76. The van der Waals surface area contributed by atoms with Crippen LogP contribution in [0.25, 0.3) is 5.57 Å². The minimum absolute atomic E-state index is 0.0465. The van der Waals surface area contributed by atoms with Gasteiger partial charge >= 0.3 is 6.09 Å². The quantitative estimate of drug-likeness (QED) is 0.730. The molecule has 4 rings (SSSR count). The van der Waals surface area contributed by atoms with E-state index in [-0.39, 0.29) is 17.9 Å². The van der Waals surface area contributed by atoms with Crippen LogP contribution < -0.4 is 5.73 Å². The molecule has 1 atom stereocenters. The van der Waals surface area contributed by atoms with Crippen molar-refractivity contribution in [2.24, 2.45) is 17.6 Å². The Bertz CT molecular complexity index is 1000. The molecule has 3 amide bonds. The van der Waals surface area contributed by atoms with Crippen LogP contribution in [0.5, 0.6) is 0 Å². The van der Waals surface area contributed by atoms with Crippen LogP contribution in [0.1, 0.15) is 64.0 Å². The van der Waals surface area contributed by atoms with Gasteiger partial charge in [-0.05, 0) is 81.1 Å². The van der Waals surface area contributed by atoms with Gasteiger partial charge in [0.15, 0.2) is 0 Å². The van der Waals surface area contributed by atoms with Gasteiger partial charge in [-0.3, -0.25) is 9.59 Å². The standard InChI is InChI=1S/C27H37N3O4/c1-27(2,3)34-26(33)29(4)15-17-9-11-18(12-10-17)25(32)30-16-20-13-19-7-5-6-8-21(19)22(20)14-23(30)24(28)31/h5-8,17-18,23H,9-16H2,1-4H3,(H2,28,31)/t17?,18?,23-/m0/s1. The van der Waals surface area contributed by atoms with Crippen molar-refractivity contribution in [1.29, 1.82) is 0 Å². The Morgan fingerprint density at radius 3 is 2.44 bits per heavy atom. The molecule has 0 saturated heterocycles. The van der Waals surface area contributed by atoms with Crippen molar-refractivity contribution >= 4 is 23.5 Å². The summed E-state index contributed by atoms with van der Waals surface area (Å²) in [4.78, 5) is 41.5. The molecule has 1 aliphatic heterocycles. The fourth-order valence-corrected chi connectivity index (χ4v) is 5.63. The number of hydrogen-bond acceptors (Lipinski definition) is 4. The SMILES string of the molecule is CN(CC1CCC(C(=O)N2CC3=C(C[C@H]2C(N)=O)c2ccccc2C3)CC1)C(=O)OC(C)(C)C. The molecule has 1 heterocycles. The van der Waals surface area contributed by atoms with Gasteiger partial charge in [0.1, 0.15) is 11.6 Å². The van der Waals surface area contributed by atoms with E-state index < -0.39 is 17.6 Å². The number of rotatable bonds is 4. The predicted molar refractivity (Wildman–Crippen MR) is 131 cm³/mol. The molecule has 1 aromatic carbocycles. The summed E-state index contributed by atoms with van der Waals surface area (Å²) in [6, 6.07) is 7.68. The van der Waals surface area contributed by atoms with E-state index in [0.29, 0.717) is 25.4 Å². The van der Waals surface area contributed by atoms with Gasteiger partial charge in [0, 0.05) is 32.5 Å². The Labute approximate surface area is 202 Å². The number of benzene rings is 1. The average molecular weight is 468 g/mol. The summed E-state index contributed by atoms with van der Waals surface area (Å²) in [7, 11) is 1.77. The molecule has 7 heteroatoms. The first-order chi connectivity index (χ1) is 16.0. The van der Waals surface area contributed by atoms with Crippen molar-refractivity contribution < 1.29 is 19.1 Å². The van der Waals surface area contributed by atoms with Crippen LogP contribution in [0.2, 0.25) is 0 Å². The number of carbonyl (C=O) groups is 3. The highest BCUT2D eigenvalue weighted by Crippen LogP contribution is 2.41. The number of carbonyl (C=O) groups excluding carboxylic acids is 3. The molecule has 0 unspecified atom stereocenters. The van der Waals surface area contributed by atoms with Gasteiger partial charge < -0.3 is 20.3 Å². The van der Waals surface area contributed by atoms with Crippen molar-refractivity contribution in [2.45, 2.75) is 70.9 Å². The van der Waals surface area contributed by atoms with Crippen molar-refractivity contribution in [3.8, 4) is 0 Å². The maximum Gasteiger partial charge on any atom is 0.410 e. The fraction of sp³-hybridized carbons (Fsp3) is 0.593. The average Bonchev–Trinajstić information content (AvgIpc) is 3.14. The van der Waals surface area contributed by atoms with Gasteiger partial charge in [-0.15, -0.1) is 0 Å². The van der Waals surface area contributed by atoms with E-state index in [9.17, 15) is 14.4 Å². The first-order valence-corrected chi connectivity index (χ1v) is 12.4. The molecule has 0 radical (unpaired) electrons. The number of ether oxygens (including phenoxy) is 1. The van der Waals surface area contributed by atoms with Crippen molar-refractivity contribution in [2.75, 3.05) is 20.1 Å². The molecule has 1 fully saturated rings. The maximum atomic E-state index is 13.5. The normalized spacial score (nSPS) is 24.4. The Morgan fingerprint density at radius 2 is 1.79 bits per heavy atom. The van der Waals surface area contributed by atoms with Crippen LogP contribution in [0.3, 0.4) is 0 Å². The highest BCUT2D eigenvalue weighted by atomic mass is 16.6. The summed E-state index contributed by atoms with van der Waals surface area (Å²) in [5, 5.41) is 0. The topological polar surface area (TPSA) is 92.9 Å². The lowest BCUT2D eigenvalue weighted by Crippen LogP contribution is -2.53. The summed E-state index contributed by atoms with van der Waals surface area (Å²) >= 11 is 0. The summed E-state index contributed by atoms with van der Waals surface area (Å²) in [5.41, 5.74) is 10.1. The Balaban J connectivity index is 1.36. The number of hydrogen-bond donors (Lipinski definition) is 1. The van der Waals surface area contributed by atoms with E-state index in [1.807, 2.05) is 32.9 Å². The van der Waals surface area contributed by atoms with Crippen molar-refractivity contribution in [1.82, 2.24) is 9.80 Å². The number of nitrogens with two attached hydrogens (primary N) is 1. The van der Waals surface area contributed by atoms with E-state index >= 15 is 0 Å². The molecule has 0 aromatic heterocycles. The third-order valence-corrected chi connectivity index (χ3v) is 7.35. The molecule has 2 aliphatic carbocycles. The highest BCUT2D eigenvalue weighted by molar-refractivity contribution is 5.92. The Morgan fingerprint density at radius 1 is 1.12 bits per heavy atom. The van der Waals surface area contributed by atoms with Crippen LogP contribution in [0, 0.1) is 11.8 Å². The molecule has 1 saturated carbocycles. The van der Waals surface area contributed by atoms with Crippen LogP contribution in [0.15, 0.2) is 29.8 Å². The molecular formula is C27H37N3O4. The summed E-state index contributed by atoms with van der Waals surface area (Å²) in [6.07, 6.45) is 4.30. The Hall–Kier alpha value is -2.83. The van der Waals surface area contributed by atoms with Gasteiger partial charge in [0.05, 0.1) is 0 Å². The number of primary amides is 1. The number of amides is 3. The van der Waals surface area contributed by atoms with E-state index in [1.54, 1.807) is 16.8 Å². The lowest BCUT2D eigenvalue weighted by molar-refractivity contribution is -0.143. The largest absolute Gasteiger partial charge is 0.444 e. The molecular weight excluding hydrogens is 430 g/mol. The first kappa shape index (κ1) is 24.3. The summed E-state index contributed by atoms with van der Waals surface area (Å²) in [6.45, 7) is 6.69. The second-order valence-corrected chi connectivity index (χ2v) is 11.1. The Kier molecular flexibility index (Phi) is 6.74. The fourth-order valence-electron chi connectivity index (χ4n) is 5.63. The van der Waals surface area contributed by atoms with Gasteiger partial charge in [-0.2, -0.15) is 0 Å². The molecule has 184 valence electrons. The zero-order valence-electron chi connectivity index (χ0n) is 20.8. The van der Waals surface area contributed by atoms with Crippen LogP contribution in [0.4, 0.5) is 4.79 Å². The lowest BCUT2D eigenvalue weighted by atomic mass is 9.80. The lowest BCUT2D eigenvalue weighted by Gasteiger charge is -2.39. The molecule has 0 spiro atoms. The monoisotopic (exact) mass is 467 g/mol. The van der Waals surface area contributed by atoms with Crippen LogP contribution in [-0.4, -0.2) is 59.5 Å². The van der Waals surface area contributed by atoms with E-state index in [1.165, 1.54) is 22.3 Å².